The Balaban J connectivity index is 2.77. The molecule has 0 fully saturated rings. The average molecular weight is 298 g/mol. The molecule has 1 amide bonds. The van der Waals surface area contributed by atoms with E-state index < -0.39 is 16.2 Å². The number of carbonyl (C=O) groups is 1. The quantitative estimate of drug-likeness (QED) is 0.693. The topological polar surface area (TPSA) is 86.2 Å². The third kappa shape index (κ3) is 2.70. The number of primary amides is 1. The maximum Gasteiger partial charge on any atom is 0.269 e. The Bertz CT molecular complexity index is 751. The standard InChI is InChI=1S/C17H18N2O3/c1-11-6-4-5-7-13(11)14-9-8-12(19(21)22)10-15(14)17(2,3)16(18)20/h4-10H,1-3H3,(H2,18,20). The summed E-state index contributed by atoms with van der Waals surface area (Å²) in [5.41, 5.74) is 7.74. The van der Waals surface area contributed by atoms with Crippen molar-refractivity contribution in [2.75, 3.05) is 0 Å². The Kier molecular flexibility index (Phi) is 3.99. The van der Waals surface area contributed by atoms with E-state index in [0.29, 0.717) is 5.56 Å². The van der Waals surface area contributed by atoms with Crippen LogP contribution in [-0.4, -0.2) is 10.8 Å². The van der Waals surface area contributed by atoms with Crippen molar-refractivity contribution in [1.82, 2.24) is 0 Å². The number of amides is 1. The van der Waals surface area contributed by atoms with Crippen LogP contribution in [0.2, 0.25) is 0 Å². The lowest BCUT2D eigenvalue weighted by molar-refractivity contribution is -0.384. The summed E-state index contributed by atoms with van der Waals surface area (Å²) in [5.74, 6) is -0.525. The lowest BCUT2D eigenvalue weighted by Crippen LogP contribution is -2.36. The van der Waals surface area contributed by atoms with Crippen LogP contribution < -0.4 is 5.73 Å². The number of nitrogens with zero attached hydrogens (tertiary/aromatic N) is 1. The van der Waals surface area contributed by atoms with Gasteiger partial charge in [-0.15, -0.1) is 0 Å². The molecule has 5 nitrogen and oxygen atoms in total. The van der Waals surface area contributed by atoms with Gasteiger partial charge >= 0.3 is 0 Å². The Morgan fingerprint density at radius 1 is 1.14 bits per heavy atom. The molecule has 5 heteroatoms. The van der Waals surface area contributed by atoms with E-state index in [1.807, 2.05) is 31.2 Å². The highest BCUT2D eigenvalue weighted by molar-refractivity contribution is 5.89. The highest BCUT2D eigenvalue weighted by atomic mass is 16.6. The molecule has 0 unspecified atom stereocenters. The minimum absolute atomic E-state index is 0.0540. The molecular weight excluding hydrogens is 280 g/mol. The predicted octanol–water partition coefficient (Wildman–Crippen LogP) is 3.33. The monoisotopic (exact) mass is 298 g/mol. The molecule has 0 atom stereocenters. The normalized spacial score (nSPS) is 11.2. The van der Waals surface area contributed by atoms with Gasteiger partial charge in [0, 0.05) is 12.1 Å². The molecule has 2 rings (SSSR count). The fourth-order valence-corrected chi connectivity index (χ4v) is 2.41. The molecule has 0 bridgehead atoms. The molecule has 2 aromatic carbocycles. The number of non-ortho nitro benzene ring substituents is 1. The smallest absolute Gasteiger partial charge is 0.269 e. The molecule has 0 aliphatic carbocycles. The van der Waals surface area contributed by atoms with Crippen molar-refractivity contribution >= 4 is 11.6 Å². The van der Waals surface area contributed by atoms with Gasteiger partial charge in [0.1, 0.15) is 0 Å². The van der Waals surface area contributed by atoms with Crippen LogP contribution in [-0.2, 0) is 10.2 Å². The van der Waals surface area contributed by atoms with Gasteiger partial charge in [0.15, 0.2) is 0 Å². The van der Waals surface area contributed by atoms with E-state index in [0.717, 1.165) is 16.7 Å². The van der Waals surface area contributed by atoms with Crippen molar-refractivity contribution in [3.05, 3.63) is 63.7 Å². The van der Waals surface area contributed by atoms with Crippen LogP contribution >= 0.6 is 0 Å². The number of benzene rings is 2. The number of nitrogens with two attached hydrogens (primary N) is 1. The van der Waals surface area contributed by atoms with E-state index in [4.69, 9.17) is 5.73 Å². The molecule has 0 radical (unpaired) electrons. The highest BCUT2D eigenvalue weighted by Gasteiger charge is 2.32. The third-order valence-electron chi connectivity index (χ3n) is 3.94. The number of rotatable bonds is 4. The number of aryl methyl sites for hydroxylation is 1. The van der Waals surface area contributed by atoms with Crippen molar-refractivity contribution in [1.29, 1.82) is 0 Å². The first-order valence-electron chi connectivity index (χ1n) is 6.90. The first kappa shape index (κ1) is 15.7. The van der Waals surface area contributed by atoms with Gasteiger partial charge in [0.2, 0.25) is 5.91 Å². The van der Waals surface area contributed by atoms with Gasteiger partial charge in [-0.05, 0) is 49.1 Å². The second-order valence-electron chi connectivity index (χ2n) is 5.79. The molecule has 0 heterocycles. The summed E-state index contributed by atoms with van der Waals surface area (Å²) in [6, 6.07) is 12.3. The second kappa shape index (κ2) is 5.60. The van der Waals surface area contributed by atoms with Gasteiger partial charge in [-0.25, -0.2) is 0 Å². The van der Waals surface area contributed by atoms with Crippen LogP contribution in [0.15, 0.2) is 42.5 Å². The summed E-state index contributed by atoms with van der Waals surface area (Å²) < 4.78 is 0. The summed E-state index contributed by atoms with van der Waals surface area (Å²) in [6.07, 6.45) is 0. The zero-order chi connectivity index (χ0) is 16.5. The van der Waals surface area contributed by atoms with E-state index in [1.165, 1.54) is 12.1 Å². The zero-order valence-corrected chi connectivity index (χ0v) is 12.8. The predicted molar refractivity (Wildman–Crippen MR) is 85.5 cm³/mol. The molecule has 2 N–H and O–H groups in total. The summed E-state index contributed by atoms with van der Waals surface area (Å²) in [5, 5.41) is 11.1. The fraction of sp³-hybridized carbons (Fsp3) is 0.235. The lowest BCUT2D eigenvalue weighted by atomic mass is 9.78. The molecule has 2 aromatic rings. The van der Waals surface area contributed by atoms with Crippen LogP contribution in [0.4, 0.5) is 5.69 Å². The van der Waals surface area contributed by atoms with Crippen molar-refractivity contribution in [3.8, 4) is 11.1 Å². The number of carbonyl (C=O) groups excluding carboxylic acids is 1. The van der Waals surface area contributed by atoms with Crippen molar-refractivity contribution in [2.24, 2.45) is 5.73 Å². The maximum absolute atomic E-state index is 11.8. The number of hydrogen-bond acceptors (Lipinski definition) is 3. The second-order valence-corrected chi connectivity index (χ2v) is 5.79. The van der Waals surface area contributed by atoms with Crippen molar-refractivity contribution in [2.45, 2.75) is 26.2 Å². The van der Waals surface area contributed by atoms with Crippen LogP contribution in [0.1, 0.15) is 25.0 Å². The first-order valence-corrected chi connectivity index (χ1v) is 6.90. The fourth-order valence-electron chi connectivity index (χ4n) is 2.41. The molecule has 0 aromatic heterocycles. The minimum Gasteiger partial charge on any atom is -0.369 e. The van der Waals surface area contributed by atoms with Crippen LogP contribution in [0.5, 0.6) is 0 Å². The Morgan fingerprint density at radius 3 is 2.32 bits per heavy atom. The Hall–Kier alpha value is -2.69. The zero-order valence-electron chi connectivity index (χ0n) is 12.8. The molecule has 0 aliphatic heterocycles. The Morgan fingerprint density at radius 2 is 1.77 bits per heavy atom. The average Bonchev–Trinajstić information content (AvgIpc) is 2.47. The molecular formula is C17H18N2O3. The molecule has 0 spiro atoms. The van der Waals surface area contributed by atoms with E-state index in [1.54, 1.807) is 19.9 Å². The SMILES string of the molecule is Cc1ccccc1-c1ccc([N+](=O)[O-])cc1C(C)(C)C(N)=O. The largest absolute Gasteiger partial charge is 0.369 e. The third-order valence-corrected chi connectivity index (χ3v) is 3.94. The Labute approximate surface area is 128 Å². The number of hydrogen-bond donors (Lipinski definition) is 1. The lowest BCUT2D eigenvalue weighted by Gasteiger charge is -2.24. The van der Waals surface area contributed by atoms with Crippen LogP contribution in [0.3, 0.4) is 0 Å². The summed E-state index contributed by atoms with van der Waals surface area (Å²) in [6.45, 7) is 5.31. The molecule has 0 saturated heterocycles. The molecule has 0 saturated carbocycles. The summed E-state index contributed by atoms with van der Waals surface area (Å²) in [4.78, 5) is 22.4. The van der Waals surface area contributed by atoms with Crippen LogP contribution in [0.25, 0.3) is 11.1 Å². The van der Waals surface area contributed by atoms with Gasteiger partial charge in [-0.3, -0.25) is 14.9 Å². The summed E-state index contributed by atoms with van der Waals surface area (Å²) >= 11 is 0. The van der Waals surface area contributed by atoms with E-state index in [2.05, 4.69) is 0 Å². The van der Waals surface area contributed by atoms with Gasteiger partial charge in [0.25, 0.3) is 5.69 Å². The van der Waals surface area contributed by atoms with Gasteiger partial charge < -0.3 is 5.73 Å². The van der Waals surface area contributed by atoms with E-state index in [-0.39, 0.29) is 5.69 Å². The highest BCUT2D eigenvalue weighted by Crippen LogP contribution is 2.36. The van der Waals surface area contributed by atoms with Crippen LogP contribution in [0, 0.1) is 17.0 Å². The van der Waals surface area contributed by atoms with E-state index in [9.17, 15) is 14.9 Å². The number of nitro groups is 1. The number of nitro benzene ring substituents is 1. The minimum atomic E-state index is -1.01. The van der Waals surface area contributed by atoms with Gasteiger partial charge in [0.05, 0.1) is 10.3 Å². The molecule has 0 aliphatic rings. The van der Waals surface area contributed by atoms with E-state index >= 15 is 0 Å². The molecule has 22 heavy (non-hydrogen) atoms. The summed E-state index contributed by atoms with van der Waals surface area (Å²) in [7, 11) is 0. The maximum atomic E-state index is 11.8. The van der Waals surface area contributed by atoms with Gasteiger partial charge in [-0.1, -0.05) is 24.3 Å². The molecule has 114 valence electrons. The van der Waals surface area contributed by atoms with Crippen molar-refractivity contribution in [3.63, 3.8) is 0 Å². The first-order chi connectivity index (χ1) is 10.2. The van der Waals surface area contributed by atoms with Gasteiger partial charge in [-0.2, -0.15) is 0 Å². The van der Waals surface area contributed by atoms with Crippen molar-refractivity contribution < 1.29 is 9.72 Å².